The molecule has 0 atom stereocenters. The van der Waals surface area contributed by atoms with Crippen molar-refractivity contribution in [1.82, 2.24) is 32.1 Å². The lowest BCUT2D eigenvalue weighted by Gasteiger charge is -2.47. The van der Waals surface area contributed by atoms with Crippen LogP contribution in [-0.2, 0) is 0 Å². The number of nitrogens with one attached hydrogen (secondary N) is 6. The van der Waals surface area contributed by atoms with Crippen molar-refractivity contribution in [3.63, 3.8) is 0 Å². The van der Waals surface area contributed by atoms with Crippen molar-refractivity contribution < 1.29 is 0 Å². The third-order valence-corrected chi connectivity index (χ3v) is 6.60. The molecule has 2 heterocycles. The summed E-state index contributed by atoms with van der Waals surface area (Å²) in [6.45, 7) is 21.0. The smallest absolute Gasteiger partial charge is 0.0144 e. The molecule has 192 valence electrons. The Labute approximate surface area is 200 Å². The monoisotopic (exact) mass is 454 g/mol. The fourth-order valence-corrected chi connectivity index (χ4v) is 6.15. The number of hydrogen-bond donors (Lipinski definition) is 6. The van der Waals surface area contributed by atoms with Crippen molar-refractivity contribution >= 4 is 0 Å². The first-order chi connectivity index (χ1) is 14.7. The van der Waals surface area contributed by atoms with Gasteiger partial charge in [-0.15, -0.1) is 0 Å². The minimum atomic E-state index is 0.239. The van der Waals surface area contributed by atoms with Gasteiger partial charge < -0.3 is 21.3 Å². The molecule has 32 heavy (non-hydrogen) atoms. The molecule has 6 N–H and O–H groups in total. The van der Waals surface area contributed by atoms with Gasteiger partial charge in [0, 0.05) is 34.2 Å². The fraction of sp³-hybridized carbons (Fsp3) is 1.00. The summed E-state index contributed by atoms with van der Waals surface area (Å²) in [5, 5.41) is 15.2. The van der Waals surface area contributed by atoms with Crippen LogP contribution in [0.5, 0.6) is 0 Å². The molecule has 2 rings (SSSR count). The summed E-state index contributed by atoms with van der Waals surface area (Å²) < 4.78 is 0. The lowest BCUT2D eigenvalue weighted by molar-refractivity contribution is 0.145. The van der Waals surface area contributed by atoms with Crippen LogP contribution in [0.3, 0.4) is 0 Å². The van der Waals surface area contributed by atoms with Crippen molar-refractivity contribution in [3.05, 3.63) is 0 Å². The average Bonchev–Trinajstić information content (AvgIpc) is 2.59. The van der Waals surface area contributed by atoms with Gasteiger partial charge in [-0.25, -0.2) is 0 Å². The van der Waals surface area contributed by atoms with Gasteiger partial charge in [0.2, 0.25) is 0 Å². The predicted octanol–water partition coefficient (Wildman–Crippen LogP) is 3.68. The van der Waals surface area contributed by atoms with Crippen molar-refractivity contribution in [2.75, 3.05) is 27.2 Å². The minimum Gasteiger partial charge on any atom is -0.314 e. The van der Waals surface area contributed by atoms with Gasteiger partial charge in [-0.2, -0.15) is 0 Å². The molecule has 6 heteroatoms. The van der Waals surface area contributed by atoms with Crippen LogP contribution in [0.25, 0.3) is 0 Å². The van der Waals surface area contributed by atoms with E-state index < -0.39 is 0 Å². The zero-order valence-corrected chi connectivity index (χ0v) is 23.2. The number of hydrogen-bond acceptors (Lipinski definition) is 6. The molecule has 0 aliphatic carbocycles. The van der Waals surface area contributed by atoms with Gasteiger partial charge in [0.05, 0.1) is 0 Å². The lowest BCUT2D eigenvalue weighted by atomic mass is 9.79. The molecule has 0 saturated carbocycles. The number of hydrazine groups is 1. The van der Waals surface area contributed by atoms with Gasteiger partial charge in [0.25, 0.3) is 0 Å². The second kappa shape index (κ2) is 13.0. The van der Waals surface area contributed by atoms with E-state index >= 15 is 0 Å². The molecule has 2 aliphatic rings. The molecule has 0 unspecified atom stereocenters. The lowest BCUT2D eigenvalue weighted by Crippen LogP contribution is -2.61. The molecule has 2 saturated heterocycles. The van der Waals surface area contributed by atoms with E-state index in [0.29, 0.717) is 12.1 Å². The van der Waals surface area contributed by atoms with Crippen LogP contribution in [0.2, 0.25) is 0 Å². The highest BCUT2D eigenvalue weighted by Crippen LogP contribution is 2.29. The van der Waals surface area contributed by atoms with E-state index in [9.17, 15) is 0 Å². The summed E-state index contributed by atoms with van der Waals surface area (Å²) in [4.78, 5) is 0. The van der Waals surface area contributed by atoms with Crippen molar-refractivity contribution in [1.29, 1.82) is 0 Å². The van der Waals surface area contributed by atoms with Crippen molar-refractivity contribution in [2.24, 2.45) is 0 Å². The summed E-state index contributed by atoms with van der Waals surface area (Å²) in [7, 11) is 3.64. The first-order valence-electron chi connectivity index (χ1n) is 13.1. The van der Waals surface area contributed by atoms with Crippen LogP contribution in [-0.4, -0.2) is 61.4 Å². The Morgan fingerprint density at radius 2 is 0.812 bits per heavy atom. The topological polar surface area (TPSA) is 72.2 Å². The molecule has 6 nitrogen and oxygen atoms in total. The Hall–Kier alpha value is -0.240. The maximum absolute atomic E-state index is 3.83. The molecule has 0 aromatic carbocycles. The molecule has 2 fully saturated rings. The van der Waals surface area contributed by atoms with Gasteiger partial charge >= 0.3 is 0 Å². The third-order valence-electron chi connectivity index (χ3n) is 6.60. The second-order valence-electron chi connectivity index (χ2n) is 12.8. The number of piperidine rings is 2. The van der Waals surface area contributed by atoms with Crippen molar-refractivity contribution in [3.8, 4) is 0 Å². The summed E-state index contributed by atoms with van der Waals surface area (Å²) >= 11 is 0. The van der Waals surface area contributed by atoms with Crippen LogP contribution >= 0.6 is 0 Å². The first-order valence-corrected chi connectivity index (χ1v) is 13.1. The van der Waals surface area contributed by atoms with Crippen LogP contribution in [0.4, 0.5) is 0 Å². The Morgan fingerprint density at radius 3 is 1.06 bits per heavy atom. The van der Waals surface area contributed by atoms with Gasteiger partial charge in [-0.3, -0.25) is 10.9 Å². The normalized spacial score (nSPS) is 24.6. The van der Waals surface area contributed by atoms with Crippen molar-refractivity contribution in [2.45, 2.75) is 141 Å². The van der Waals surface area contributed by atoms with E-state index in [1.165, 1.54) is 64.5 Å². The third kappa shape index (κ3) is 12.9. The molecule has 2 aliphatic heterocycles. The first kappa shape index (κ1) is 29.8. The van der Waals surface area contributed by atoms with Crippen LogP contribution in [0.1, 0.15) is 107 Å². The summed E-state index contributed by atoms with van der Waals surface area (Å²) in [6, 6.07) is 1.30. The maximum atomic E-state index is 3.83. The van der Waals surface area contributed by atoms with Gasteiger partial charge in [0.1, 0.15) is 0 Å². The summed E-state index contributed by atoms with van der Waals surface area (Å²) in [5.41, 5.74) is 6.32. The fourth-order valence-electron chi connectivity index (χ4n) is 6.15. The standard InChI is InChI=1S/C24H50N4.C2H8N2/c1-21(2)15-19(16-22(3,4)27-21)25-13-11-9-10-12-14-26-20-17-23(5,6)28-24(7,8)18-20;1-3-4-2/h19-20,25-28H,9-18H2,1-8H3;3-4H,1-2H3. The largest absolute Gasteiger partial charge is 0.314 e. The van der Waals surface area contributed by atoms with Gasteiger partial charge in [-0.05, 0) is 121 Å². The van der Waals surface area contributed by atoms with Crippen LogP contribution < -0.4 is 32.1 Å². The highest BCUT2D eigenvalue weighted by atomic mass is 15.3. The minimum absolute atomic E-state index is 0.239. The molecule has 0 radical (unpaired) electrons. The summed E-state index contributed by atoms with van der Waals surface area (Å²) in [5.74, 6) is 0. The maximum Gasteiger partial charge on any atom is 0.0144 e. The van der Waals surface area contributed by atoms with E-state index in [0.717, 1.165) is 0 Å². The van der Waals surface area contributed by atoms with Crippen LogP contribution in [0, 0.1) is 0 Å². The highest BCUT2D eigenvalue weighted by Gasteiger charge is 2.38. The zero-order chi connectivity index (χ0) is 24.5. The Balaban J connectivity index is 0.00000118. The predicted molar refractivity (Wildman–Crippen MR) is 141 cm³/mol. The molecule has 0 aromatic heterocycles. The molecular weight excluding hydrogens is 396 g/mol. The Morgan fingerprint density at radius 1 is 0.531 bits per heavy atom. The number of unbranched alkanes of at least 4 members (excludes halogenated alkanes) is 3. The van der Waals surface area contributed by atoms with E-state index in [-0.39, 0.29) is 22.2 Å². The number of rotatable bonds is 10. The zero-order valence-electron chi connectivity index (χ0n) is 23.2. The highest BCUT2D eigenvalue weighted by molar-refractivity contribution is 5.00. The molecule has 0 spiro atoms. The average molecular weight is 455 g/mol. The Bertz CT molecular complexity index is 436. The van der Waals surface area contributed by atoms with Gasteiger partial charge in [0.15, 0.2) is 0 Å². The van der Waals surface area contributed by atoms with E-state index in [1.807, 2.05) is 14.1 Å². The van der Waals surface area contributed by atoms with Gasteiger partial charge in [-0.1, -0.05) is 12.8 Å². The van der Waals surface area contributed by atoms with E-state index in [2.05, 4.69) is 87.5 Å². The van der Waals surface area contributed by atoms with E-state index in [4.69, 9.17) is 0 Å². The quantitative estimate of drug-likeness (QED) is 0.223. The molecule has 0 bridgehead atoms. The Kier molecular flexibility index (Phi) is 12.1. The van der Waals surface area contributed by atoms with Crippen LogP contribution in [0.15, 0.2) is 0 Å². The SMILES string of the molecule is CC1(C)CC(NCCCCCCNC2CC(C)(C)NC(C)(C)C2)CC(C)(C)N1.CNNC. The summed E-state index contributed by atoms with van der Waals surface area (Å²) in [6.07, 6.45) is 10.2. The van der Waals surface area contributed by atoms with E-state index in [1.54, 1.807) is 0 Å². The second-order valence-corrected chi connectivity index (χ2v) is 12.8. The molecule has 0 aromatic rings. The molecule has 0 amide bonds. The molecular formula is C26H58N6.